The molecule has 0 saturated carbocycles. The van der Waals surface area contributed by atoms with Crippen LogP contribution in [0.4, 0.5) is 14.5 Å². The molecule has 20 heavy (non-hydrogen) atoms. The minimum Gasteiger partial charge on any atom is -0.489 e. The fourth-order valence-corrected chi connectivity index (χ4v) is 1.60. The summed E-state index contributed by atoms with van der Waals surface area (Å²) in [5.74, 6) is -1.61. The molecule has 0 unspecified atom stereocenters. The Bertz CT molecular complexity index is 660. The number of nitrogens with two attached hydrogens (primary N) is 2. The summed E-state index contributed by atoms with van der Waals surface area (Å²) in [6.45, 7) is -0.156. The predicted octanol–water partition coefficient (Wildman–Crippen LogP) is 2.22. The SMILES string of the molecule is NC(=O)c1ccc(F)c(COc2ccc(N)c(F)c2)c1. The van der Waals surface area contributed by atoms with Crippen LogP contribution in [-0.4, -0.2) is 5.91 Å². The molecular weight excluding hydrogens is 266 g/mol. The summed E-state index contributed by atoms with van der Waals surface area (Å²) in [5.41, 5.74) is 10.8. The van der Waals surface area contributed by atoms with Crippen molar-refractivity contribution in [3.63, 3.8) is 0 Å². The third-order valence-corrected chi connectivity index (χ3v) is 2.70. The molecule has 0 bridgehead atoms. The molecule has 0 spiro atoms. The van der Waals surface area contributed by atoms with Crippen molar-refractivity contribution in [2.24, 2.45) is 5.73 Å². The second kappa shape index (κ2) is 5.56. The van der Waals surface area contributed by atoms with Crippen molar-refractivity contribution >= 4 is 11.6 Å². The average Bonchev–Trinajstić information content (AvgIpc) is 2.41. The Kier molecular flexibility index (Phi) is 3.84. The maximum Gasteiger partial charge on any atom is 0.248 e. The van der Waals surface area contributed by atoms with Crippen molar-refractivity contribution in [2.45, 2.75) is 6.61 Å². The first-order chi connectivity index (χ1) is 9.47. The zero-order chi connectivity index (χ0) is 14.7. The van der Waals surface area contributed by atoms with Crippen LogP contribution in [0.3, 0.4) is 0 Å². The van der Waals surface area contributed by atoms with Gasteiger partial charge in [0, 0.05) is 17.2 Å². The molecule has 0 aliphatic carbocycles. The van der Waals surface area contributed by atoms with Crippen molar-refractivity contribution in [2.75, 3.05) is 5.73 Å². The Morgan fingerprint density at radius 2 is 1.85 bits per heavy atom. The van der Waals surface area contributed by atoms with Crippen LogP contribution in [0, 0.1) is 11.6 Å². The quantitative estimate of drug-likeness (QED) is 0.842. The lowest BCUT2D eigenvalue weighted by Crippen LogP contribution is -2.12. The molecule has 2 rings (SSSR count). The first-order valence-electron chi connectivity index (χ1n) is 5.73. The van der Waals surface area contributed by atoms with Gasteiger partial charge in [0.15, 0.2) is 0 Å². The van der Waals surface area contributed by atoms with Gasteiger partial charge in [0.2, 0.25) is 5.91 Å². The highest BCUT2D eigenvalue weighted by Crippen LogP contribution is 2.20. The summed E-state index contributed by atoms with van der Waals surface area (Å²) in [6.07, 6.45) is 0. The molecule has 0 fully saturated rings. The molecule has 0 radical (unpaired) electrons. The maximum absolute atomic E-state index is 13.6. The number of nitrogen functional groups attached to an aromatic ring is 1. The fourth-order valence-electron chi connectivity index (χ4n) is 1.60. The van der Waals surface area contributed by atoms with E-state index in [1.807, 2.05) is 0 Å². The van der Waals surface area contributed by atoms with Gasteiger partial charge >= 0.3 is 0 Å². The maximum atomic E-state index is 13.6. The molecule has 0 heterocycles. The van der Waals surface area contributed by atoms with Crippen LogP contribution in [0.25, 0.3) is 0 Å². The van der Waals surface area contributed by atoms with Gasteiger partial charge in [-0.25, -0.2) is 8.78 Å². The van der Waals surface area contributed by atoms with E-state index < -0.39 is 17.5 Å². The number of rotatable bonds is 4. The Morgan fingerprint density at radius 1 is 1.10 bits per heavy atom. The van der Waals surface area contributed by atoms with E-state index >= 15 is 0 Å². The molecule has 0 aliphatic rings. The normalized spacial score (nSPS) is 10.3. The monoisotopic (exact) mass is 278 g/mol. The molecule has 4 N–H and O–H groups in total. The van der Waals surface area contributed by atoms with Crippen LogP contribution in [0.15, 0.2) is 36.4 Å². The summed E-state index contributed by atoms with van der Waals surface area (Å²) >= 11 is 0. The average molecular weight is 278 g/mol. The van der Waals surface area contributed by atoms with Gasteiger partial charge < -0.3 is 16.2 Å². The van der Waals surface area contributed by atoms with Gasteiger partial charge in [-0.15, -0.1) is 0 Å². The van der Waals surface area contributed by atoms with Gasteiger partial charge in [0.05, 0.1) is 5.69 Å². The highest BCUT2D eigenvalue weighted by atomic mass is 19.1. The number of halogens is 2. The number of ether oxygens (including phenoxy) is 1. The molecular formula is C14H12F2N2O2. The third kappa shape index (κ3) is 3.03. The molecule has 6 heteroatoms. The fraction of sp³-hybridized carbons (Fsp3) is 0.0714. The summed E-state index contributed by atoms with van der Waals surface area (Å²) in [5, 5.41) is 0. The van der Waals surface area contributed by atoms with Crippen molar-refractivity contribution < 1.29 is 18.3 Å². The number of hydrogen-bond donors (Lipinski definition) is 2. The highest BCUT2D eigenvalue weighted by molar-refractivity contribution is 5.92. The summed E-state index contributed by atoms with van der Waals surface area (Å²) in [6, 6.07) is 7.62. The lowest BCUT2D eigenvalue weighted by molar-refractivity contribution is 0.1000. The third-order valence-electron chi connectivity index (χ3n) is 2.70. The molecule has 2 aromatic rings. The second-order valence-corrected chi connectivity index (χ2v) is 4.14. The summed E-state index contributed by atoms with van der Waals surface area (Å²) in [4.78, 5) is 11.0. The van der Waals surface area contributed by atoms with E-state index in [9.17, 15) is 13.6 Å². The highest BCUT2D eigenvalue weighted by Gasteiger charge is 2.08. The number of hydrogen-bond acceptors (Lipinski definition) is 3. The Hall–Kier alpha value is -2.63. The standard InChI is InChI=1S/C14H12F2N2O2/c15-11-3-1-8(14(18)19)5-9(11)7-20-10-2-4-13(17)12(16)6-10/h1-6H,7,17H2,(H2,18,19). The largest absolute Gasteiger partial charge is 0.489 e. The smallest absolute Gasteiger partial charge is 0.248 e. The molecule has 4 nitrogen and oxygen atoms in total. The van der Waals surface area contributed by atoms with Crippen molar-refractivity contribution in [1.29, 1.82) is 0 Å². The van der Waals surface area contributed by atoms with E-state index in [-0.39, 0.29) is 29.2 Å². The topological polar surface area (TPSA) is 78.3 Å². The number of amides is 1. The first kappa shape index (κ1) is 13.8. The van der Waals surface area contributed by atoms with Crippen LogP contribution in [0.5, 0.6) is 5.75 Å². The van der Waals surface area contributed by atoms with Gasteiger partial charge in [-0.2, -0.15) is 0 Å². The molecule has 0 aliphatic heterocycles. The van der Waals surface area contributed by atoms with E-state index in [2.05, 4.69) is 0 Å². The molecule has 0 saturated heterocycles. The van der Waals surface area contributed by atoms with Gasteiger partial charge in [-0.1, -0.05) is 0 Å². The van der Waals surface area contributed by atoms with Crippen molar-refractivity contribution in [1.82, 2.24) is 0 Å². The van der Waals surface area contributed by atoms with E-state index in [0.29, 0.717) is 0 Å². The summed E-state index contributed by atoms with van der Waals surface area (Å²) < 4.78 is 32.0. The zero-order valence-corrected chi connectivity index (χ0v) is 10.4. The number of carbonyl (C=O) groups is 1. The second-order valence-electron chi connectivity index (χ2n) is 4.14. The van der Waals surface area contributed by atoms with Gasteiger partial charge in [0.25, 0.3) is 0 Å². The van der Waals surface area contributed by atoms with Crippen LogP contribution >= 0.6 is 0 Å². The van der Waals surface area contributed by atoms with Gasteiger partial charge in [0.1, 0.15) is 24.0 Å². The van der Waals surface area contributed by atoms with Crippen molar-refractivity contribution in [3.05, 3.63) is 59.2 Å². The van der Waals surface area contributed by atoms with Gasteiger partial charge in [-0.05, 0) is 30.3 Å². The Balaban J connectivity index is 2.15. The molecule has 1 amide bonds. The van der Waals surface area contributed by atoms with E-state index in [1.165, 1.54) is 24.3 Å². The van der Waals surface area contributed by atoms with Crippen LogP contribution in [0.2, 0.25) is 0 Å². The van der Waals surface area contributed by atoms with E-state index in [0.717, 1.165) is 12.1 Å². The molecule has 2 aromatic carbocycles. The van der Waals surface area contributed by atoms with Gasteiger partial charge in [-0.3, -0.25) is 4.79 Å². The number of primary amides is 1. The molecule has 0 aromatic heterocycles. The minimum atomic E-state index is -0.662. The van der Waals surface area contributed by atoms with Crippen molar-refractivity contribution in [3.8, 4) is 5.75 Å². The minimum absolute atomic E-state index is 0.000689. The summed E-state index contributed by atoms with van der Waals surface area (Å²) in [7, 11) is 0. The predicted molar refractivity (Wildman–Crippen MR) is 70.1 cm³/mol. The Morgan fingerprint density at radius 3 is 2.50 bits per heavy atom. The van der Waals surface area contributed by atoms with Crippen LogP contribution in [0.1, 0.15) is 15.9 Å². The van der Waals surface area contributed by atoms with E-state index in [4.69, 9.17) is 16.2 Å². The number of benzene rings is 2. The lowest BCUT2D eigenvalue weighted by atomic mass is 10.1. The van der Waals surface area contributed by atoms with Crippen LogP contribution in [-0.2, 0) is 6.61 Å². The van der Waals surface area contributed by atoms with Crippen LogP contribution < -0.4 is 16.2 Å². The molecule has 104 valence electrons. The number of carbonyl (C=O) groups excluding carboxylic acids is 1. The zero-order valence-electron chi connectivity index (χ0n) is 10.4. The Labute approximate surface area is 114 Å². The number of anilines is 1. The molecule has 0 atom stereocenters. The van der Waals surface area contributed by atoms with E-state index in [1.54, 1.807) is 0 Å². The first-order valence-corrected chi connectivity index (χ1v) is 5.73. The lowest BCUT2D eigenvalue weighted by Gasteiger charge is -2.09.